The minimum atomic E-state index is -0.485. The number of anilines is 1. The monoisotopic (exact) mass is 252 g/mol. The number of carbonyl (C=O) groups is 2. The number of likely N-dealkylation sites (tertiary alicyclic amines) is 1. The molecular formula is C11H16N4O3. The van der Waals surface area contributed by atoms with Crippen molar-refractivity contribution in [3.8, 4) is 0 Å². The molecule has 1 fully saturated rings. The van der Waals surface area contributed by atoms with Gasteiger partial charge in [-0.1, -0.05) is 0 Å². The van der Waals surface area contributed by atoms with Crippen molar-refractivity contribution in [3.63, 3.8) is 0 Å². The minimum Gasteiger partial charge on any atom is -0.432 e. The van der Waals surface area contributed by atoms with Crippen LogP contribution in [0.4, 0.5) is 10.8 Å². The Balaban J connectivity index is 1.87. The molecule has 0 bridgehead atoms. The van der Waals surface area contributed by atoms with Crippen molar-refractivity contribution in [2.24, 2.45) is 0 Å². The Labute approximate surface area is 105 Å². The second kappa shape index (κ2) is 5.07. The maximum Gasteiger partial charge on any atom is 0.323 e. The molecule has 1 atom stereocenters. The van der Waals surface area contributed by atoms with Gasteiger partial charge in [0.15, 0.2) is 0 Å². The third kappa shape index (κ3) is 2.61. The topological polar surface area (TPSA) is 87.5 Å². The average Bonchev–Trinajstić information content (AvgIpc) is 2.90. The lowest BCUT2D eigenvalue weighted by molar-refractivity contribution is -0.130. The SMILES string of the molecule is CC(C)N1CC[C@@H](NC(=O)Nc2ncco2)C1=O. The Bertz CT molecular complexity index is 430. The van der Waals surface area contributed by atoms with E-state index in [2.05, 4.69) is 15.6 Å². The third-order valence-corrected chi connectivity index (χ3v) is 2.82. The molecule has 2 heterocycles. The molecule has 0 aromatic carbocycles. The number of hydrogen-bond acceptors (Lipinski definition) is 4. The number of amides is 3. The van der Waals surface area contributed by atoms with Gasteiger partial charge in [-0.25, -0.2) is 9.78 Å². The molecule has 7 nitrogen and oxygen atoms in total. The van der Waals surface area contributed by atoms with Gasteiger partial charge in [0.25, 0.3) is 0 Å². The van der Waals surface area contributed by atoms with E-state index in [0.29, 0.717) is 13.0 Å². The summed E-state index contributed by atoms with van der Waals surface area (Å²) in [4.78, 5) is 29.0. The van der Waals surface area contributed by atoms with Crippen LogP contribution in [0, 0.1) is 0 Å². The molecule has 1 saturated heterocycles. The van der Waals surface area contributed by atoms with E-state index in [-0.39, 0.29) is 18.0 Å². The van der Waals surface area contributed by atoms with E-state index < -0.39 is 12.1 Å². The van der Waals surface area contributed by atoms with Crippen LogP contribution in [0.2, 0.25) is 0 Å². The van der Waals surface area contributed by atoms with Gasteiger partial charge in [-0.2, -0.15) is 0 Å². The average molecular weight is 252 g/mol. The summed E-state index contributed by atoms with van der Waals surface area (Å²) in [7, 11) is 0. The van der Waals surface area contributed by atoms with Gasteiger partial charge in [0.1, 0.15) is 12.3 Å². The smallest absolute Gasteiger partial charge is 0.323 e. The first-order valence-corrected chi connectivity index (χ1v) is 5.85. The van der Waals surface area contributed by atoms with Gasteiger partial charge in [-0.15, -0.1) is 0 Å². The van der Waals surface area contributed by atoms with Crippen molar-refractivity contribution in [1.82, 2.24) is 15.2 Å². The predicted molar refractivity (Wildman–Crippen MR) is 63.9 cm³/mol. The van der Waals surface area contributed by atoms with E-state index in [9.17, 15) is 9.59 Å². The quantitative estimate of drug-likeness (QED) is 0.833. The van der Waals surface area contributed by atoms with E-state index in [0.717, 1.165) is 0 Å². The van der Waals surface area contributed by atoms with Crippen molar-refractivity contribution in [3.05, 3.63) is 12.5 Å². The molecule has 0 unspecified atom stereocenters. The van der Waals surface area contributed by atoms with Crippen LogP contribution in [0.1, 0.15) is 20.3 Å². The van der Waals surface area contributed by atoms with Crippen LogP contribution in [0.5, 0.6) is 0 Å². The molecule has 0 spiro atoms. The zero-order valence-electron chi connectivity index (χ0n) is 10.3. The fraction of sp³-hybridized carbons (Fsp3) is 0.545. The standard InChI is InChI=1S/C11H16N4O3/c1-7(2)15-5-3-8(9(15)16)13-10(17)14-11-12-4-6-18-11/h4,6-8H,3,5H2,1-2H3,(H2,12,13,14,17)/t8-/m1/s1. The van der Waals surface area contributed by atoms with E-state index in [1.54, 1.807) is 4.90 Å². The van der Waals surface area contributed by atoms with Crippen LogP contribution in [0.25, 0.3) is 0 Å². The molecule has 0 aliphatic carbocycles. The Morgan fingerprint density at radius 2 is 2.39 bits per heavy atom. The Kier molecular flexibility index (Phi) is 3.50. The Morgan fingerprint density at radius 1 is 1.61 bits per heavy atom. The summed E-state index contributed by atoms with van der Waals surface area (Å²) in [6, 6.07) is -0.693. The molecule has 1 aliphatic rings. The molecule has 1 aromatic rings. The van der Waals surface area contributed by atoms with Crippen LogP contribution in [-0.2, 0) is 4.79 Å². The fourth-order valence-corrected chi connectivity index (χ4v) is 1.93. The molecule has 7 heteroatoms. The first-order valence-electron chi connectivity index (χ1n) is 5.85. The van der Waals surface area contributed by atoms with Gasteiger partial charge in [0, 0.05) is 12.6 Å². The number of rotatable bonds is 3. The summed E-state index contributed by atoms with van der Waals surface area (Å²) in [6.45, 7) is 4.57. The van der Waals surface area contributed by atoms with Gasteiger partial charge in [-0.05, 0) is 20.3 Å². The molecule has 0 radical (unpaired) electrons. The summed E-state index contributed by atoms with van der Waals surface area (Å²) in [6.07, 6.45) is 3.41. The first kappa shape index (κ1) is 12.4. The Morgan fingerprint density at radius 3 is 2.94 bits per heavy atom. The van der Waals surface area contributed by atoms with Gasteiger partial charge in [0.05, 0.1) is 6.20 Å². The number of nitrogens with one attached hydrogen (secondary N) is 2. The largest absolute Gasteiger partial charge is 0.432 e. The molecule has 1 aliphatic heterocycles. The zero-order chi connectivity index (χ0) is 13.1. The van der Waals surface area contributed by atoms with Crippen LogP contribution in [-0.4, -0.2) is 40.5 Å². The number of nitrogens with zero attached hydrogens (tertiary/aromatic N) is 2. The lowest BCUT2D eigenvalue weighted by atomic mass is 10.2. The van der Waals surface area contributed by atoms with Gasteiger partial charge in [0.2, 0.25) is 5.91 Å². The number of hydrogen-bond donors (Lipinski definition) is 2. The predicted octanol–water partition coefficient (Wildman–Crippen LogP) is 0.805. The highest BCUT2D eigenvalue weighted by Gasteiger charge is 2.33. The summed E-state index contributed by atoms with van der Waals surface area (Å²) in [5.74, 6) is -0.0486. The molecule has 18 heavy (non-hydrogen) atoms. The number of aromatic nitrogens is 1. The van der Waals surface area contributed by atoms with E-state index in [1.807, 2.05) is 13.8 Å². The normalized spacial score (nSPS) is 19.4. The number of carbonyl (C=O) groups excluding carboxylic acids is 2. The van der Waals surface area contributed by atoms with Crippen molar-refractivity contribution in [2.75, 3.05) is 11.9 Å². The third-order valence-electron chi connectivity index (χ3n) is 2.82. The summed E-state index contributed by atoms with van der Waals surface area (Å²) < 4.78 is 4.88. The number of oxazole rings is 1. The van der Waals surface area contributed by atoms with Gasteiger partial charge in [-0.3, -0.25) is 10.1 Å². The fourth-order valence-electron chi connectivity index (χ4n) is 1.93. The van der Waals surface area contributed by atoms with Crippen LogP contribution in [0.3, 0.4) is 0 Å². The highest BCUT2D eigenvalue weighted by Crippen LogP contribution is 2.14. The first-order chi connectivity index (χ1) is 8.58. The molecular weight excluding hydrogens is 236 g/mol. The maximum atomic E-state index is 11.9. The van der Waals surface area contributed by atoms with Crippen LogP contribution in [0.15, 0.2) is 16.9 Å². The lowest BCUT2D eigenvalue weighted by Gasteiger charge is -2.21. The van der Waals surface area contributed by atoms with Crippen molar-refractivity contribution >= 4 is 18.0 Å². The zero-order valence-corrected chi connectivity index (χ0v) is 10.3. The number of urea groups is 1. The summed E-state index contributed by atoms with van der Waals surface area (Å²) >= 11 is 0. The van der Waals surface area contributed by atoms with E-state index in [1.165, 1.54) is 12.5 Å². The molecule has 2 rings (SSSR count). The lowest BCUT2D eigenvalue weighted by Crippen LogP contribution is -2.44. The van der Waals surface area contributed by atoms with E-state index >= 15 is 0 Å². The van der Waals surface area contributed by atoms with Crippen LogP contribution >= 0.6 is 0 Å². The summed E-state index contributed by atoms with van der Waals surface area (Å²) in [5.41, 5.74) is 0. The molecule has 3 amide bonds. The highest BCUT2D eigenvalue weighted by atomic mass is 16.4. The Hall–Kier alpha value is -2.05. The van der Waals surface area contributed by atoms with Crippen molar-refractivity contribution in [1.29, 1.82) is 0 Å². The minimum absolute atomic E-state index is 0.0486. The second-order valence-corrected chi connectivity index (χ2v) is 4.40. The second-order valence-electron chi connectivity index (χ2n) is 4.40. The van der Waals surface area contributed by atoms with Crippen molar-refractivity contribution < 1.29 is 14.0 Å². The molecule has 0 saturated carbocycles. The van der Waals surface area contributed by atoms with E-state index in [4.69, 9.17) is 4.42 Å². The highest BCUT2D eigenvalue weighted by molar-refractivity contribution is 5.93. The van der Waals surface area contributed by atoms with Gasteiger partial charge >= 0.3 is 12.0 Å². The molecule has 1 aromatic heterocycles. The molecule has 98 valence electrons. The summed E-state index contributed by atoms with van der Waals surface area (Å²) in [5, 5.41) is 5.03. The van der Waals surface area contributed by atoms with Crippen LogP contribution < -0.4 is 10.6 Å². The van der Waals surface area contributed by atoms with Gasteiger partial charge < -0.3 is 14.6 Å². The molecule has 2 N–H and O–H groups in total. The van der Waals surface area contributed by atoms with Crippen molar-refractivity contribution in [2.45, 2.75) is 32.4 Å². The maximum absolute atomic E-state index is 11.9.